The van der Waals surface area contributed by atoms with E-state index in [2.05, 4.69) is 36.9 Å². The van der Waals surface area contributed by atoms with E-state index in [0.717, 1.165) is 74.8 Å². The molecular weight excluding hydrogens is 338 g/mol. The third kappa shape index (κ3) is 4.52. The lowest BCUT2D eigenvalue weighted by atomic mass is 10.2. The normalized spacial score (nSPS) is 15.2. The second-order valence-corrected chi connectivity index (χ2v) is 6.76. The number of anilines is 1. The molecule has 3 heterocycles. The number of hydrogen-bond acceptors (Lipinski definition) is 6. The fourth-order valence-corrected chi connectivity index (χ4v) is 3.44. The van der Waals surface area contributed by atoms with Crippen LogP contribution in [0.3, 0.4) is 0 Å². The minimum atomic E-state index is 0.730. The van der Waals surface area contributed by atoms with E-state index in [1.807, 2.05) is 30.5 Å². The van der Waals surface area contributed by atoms with Crippen molar-refractivity contribution in [1.29, 1.82) is 0 Å². The van der Waals surface area contributed by atoms with Crippen LogP contribution in [0.2, 0.25) is 0 Å². The van der Waals surface area contributed by atoms with Crippen LogP contribution in [0.15, 0.2) is 55.0 Å². The van der Waals surface area contributed by atoms with Gasteiger partial charge in [0.1, 0.15) is 11.3 Å². The predicted molar refractivity (Wildman–Crippen MR) is 107 cm³/mol. The molecule has 0 amide bonds. The Kier molecular flexibility index (Phi) is 5.74. The molecule has 0 atom stereocenters. The number of aromatic nitrogens is 3. The SMILES string of the molecule is c1cnc(N2CCN(CCCCOc3cccc4cccnc34)CC2)nc1. The molecule has 1 aliphatic heterocycles. The maximum atomic E-state index is 5.98. The summed E-state index contributed by atoms with van der Waals surface area (Å²) in [5, 5.41) is 1.12. The van der Waals surface area contributed by atoms with Gasteiger partial charge in [-0.2, -0.15) is 0 Å². The number of piperazine rings is 1. The van der Waals surface area contributed by atoms with Crippen molar-refractivity contribution in [1.82, 2.24) is 19.9 Å². The standard InChI is InChI=1S/C21H25N5O/c1(2-17-27-19-8-3-6-18-7-4-9-22-20(18)19)12-25-13-15-26(16-14-25)21-23-10-5-11-24-21/h3-11H,1-2,12-17H2. The van der Waals surface area contributed by atoms with Crippen LogP contribution in [0.5, 0.6) is 5.75 Å². The van der Waals surface area contributed by atoms with Gasteiger partial charge in [-0.3, -0.25) is 9.88 Å². The van der Waals surface area contributed by atoms with Crippen molar-refractivity contribution in [3.8, 4) is 5.75 Å². The Labute approximate surface area is 159 Å². The molecule has 27 heavy (non-hydrogen) atoms. The van der Waals surface area contributed by atoms with Gasteiger partial charge < -0.3 is 9.64 Å². The number of benzene rings is 1. The molecule has 140 valence electrons. The Hall–Kier alpha value is -2.73. The number of fused-ring (bicyclic) bond motifs is 1. The molecule has 1 aromatic carbocycles. The maximum absolute atomic E-state index is 5.98. The Morgan fingerprint density at radius 2 is 1.59 bits per heavy atom. The maximum Gasteiger partial charge on any atom is 0.225 e. The third-order valence-electron chi connectivity index (χ3n) is 4.93. The summed E-state index contributed by atoms with van der Waals surface area (Å²) in [5.41, 5.74) is 0.944. The van der Waals surface area contributed by atoms with Crippen molar-refractivity contribution < 1.29 is 4.74 Å². The van der Waals surface area contributed by atoms with Crippen LogP contribution >= 0.6 is 0 Å². The van der Waals surface area contributed by atoms with Crippen molar-refractivity contribution in [2.45, 2.75) is 12.8 Å². The first kappa shape index (κ1) is 17.7. The van der Waals surface area contributed by atoms with E-state index in [9.17, 15) is 0 Å². The largest absolute Gasteiger partial charge is 0.491 e. The molecule has 4 rings (SSSR count). The van der Waals surface area contributed by atoms with Gasteiger partial charge >= 0.3 is 0 Å². The molecule has 0 unspecified atom stereocenters. The number of unbranched alkanes of at least 4 members (excludes halogenated alkanes) is 1. The first-order valence-electron chi connectivity index (χ1n) is 9.61. The zero-order valence-corrected chi connectivity index (χ0v) is 15.5. The van der Waals surface area contributed by atoms with Crippen molar-refractivity contribution >= 4 is 16.9 Å². The molecule has 0 spiro atoms. The van der Waals surface area contributed by atoms with Crippen molar-refractivity contribution in [2.24, 2.45) is 0 Å². The molecule has 0 aliphatic carbocycles. The lowest BCUT2D eigenvalue weighted by Crippen LogP contribution is -2.47. The van der Waals surface area contributed by atoms with Crippen LogP contribution in [-0.2, 0) is 0 Å². The van der Waals surface area contributed by atoms with Crippen molar-refractivity contribution in [3.05, 3.63) is 55.0 Å². The highest BCUT2D eigenvalue weighted by Gasteiger charge is 2.18. The van der Waals surface area contributed by atoms with Crippen LogP contribution in [0.1, 0.15) is 12.8 Å². The summed E-state index contributed by atoms with van der Waals surface area (Å²) in [6.45, 7) is 5.94. The predicted octanol–water partition coefficient (Wildman–Crippen LogP) is 3.01. The quantitative estimate of drug-likeness (QED) is 0.602. The molecule has 0 saturated carbocycles. The molecule has 6 nitrogen and oxygen atoms in total. The topological polar surface area (TPSA) is 54.4 Å². The molecule has 1 saturated heterocycles. The lowest BCUT2D eigenvalue weighted by molar-refractivity contribution is 0.238. The monoisotopic (exact) mass is 363 g/mol. The van der Waals surface area contributed by atoms with E-state index in [-0.39, 0.29) is 0 Å². The van der Waals surface area contributed by atoms with E-state index in [0.29, 0.717) is 0 Å². The average molecular weight is 363 g/mol. The molecule has 0 bridgehead atoms. The smallest absolute Gasteiger partial charge is 0.225 e. The fourth-order valence-electron chi connectivity index (χ4n) is 3.44. The van der Waals surface area contributed by atoms with Crippen LogP contribution in [0, 0.1) is 0 Å². The van der Waals surface area contributed by atoms with Crippen LogP contribution < -0.4 is 9.64 Å². The van der Waals surface area contributed by atoms with E-state index < -0.39 is 0 Å². The average Bonchev–Trinajstić information content (AvgIpc) is 2.75. The van der Waals surface area contributed by atoms with Gasteiger partial charge in [0, 0.05) is 50.2 Å². The zero-order valence-electron chi connectivity index (χ0n) is 15.5. The number of rotatable bonds is 7. The highest BCUT2D eigenvalue weighted by Crippen LogP contribution is 2.23. The molecule has 3 aromatic rings. The van der Waals surface area contributed by atoms with Gasteiger partial charge in [0.05, 0.1) is 6.61 Å². The van der Waals surface area contributed by atoms with Gasteiger partial charge in [-0.15, -0.1) is 0 Å². The van der Waals surface area contributed by atoms with E-state index in [1.165, 1.54) is 0 Å². The summed E-state index contributed by atoms with van der Waals surface area (Å²) in [6.07, 6.45) is 7.61. The second kappa shape index (κ2) is 8.77. The third-order valence-corrected chi connectivity index (χ3v) is 4.93. The minimum absolute atomic E-state index is 0.730. The molecule has 6 heteroatoms. The van der Waals surface area contributed by atoms with Gasteiger partial charge in [-0.25, -0.2) is 9.97 Å². The summed E-state index contributed by atoms with van der Waals surface area (Å²) < 4.78 is 5.98. The lowest BCUT2D eigenvalue weighted by Gasteiger charge is -2.34. The van der Waals surface area contributed by atoms with Gasteiger partial charge in [-0.05, 0) is 37.6 Å². The number of para-hydroxylation sites is 1. The van der Waals surface area contributed by atoms with Crippen LogP contribution in [0.4, 0.5) is 5.95 Å². The Bertz CT molecular complexity index is 844. The van der Waals surface area contributed by atoms with Crippen molar-refractivity contribution in [2.75, 3.05) is 44.2 Å². The van der Waals surface area contributed by atoms with Gasteiger partial charge in [0.15, 0.2) is 0 Å². The van der Waals surface area contributed by atoms with E-state index in [1.54, 1.807) is 12.4 Å². The number of nitrogens with zero attached hydrogens (tertiary/aromatic N) is 5. The molecule has 1 fully saturated rings. The first-order chi connectivity index (χ1) is 13.4. The van der Waals surface area contributed by atoms with Gasteiger partial charge in [-0.1, -0.05) is 18.2 Å². The summed E-state index contributed by atoms with van der Waals surface area (Å²) in [4.78, 5) is 17.9. The summed E-state index contributed by atoms with van der Waals surface area (Å²) in [6, 6.07) is 12.0. The highest BCUT2D eigenvalue weighted by atomic mass is 16.5. The number of ether oxygens (including phenoxy) is 1. The highest BCUT2D eigenvalue weighted by molar-refractivity contribution is 5.84. The van der Waals surface area contributed by atoms with Gasteiger partial charge in [0.2, 0.25) is 5.95 Å². The fraction of sp³-hybridized carbons (Fsp3) is 0.381. The number of hydrogen-bond donors (Lipinski definition) is 0. The van der Waals surface area contributed by atoms with Crippen molar-refractivity contribution in [3.63, 3.8) is 0 Å². The summed E-state index contributed by atoms with van der Waals surface area (Å²) >= 11 is 0. The molecule has 0 N–H and O–H groups in total. The van der Waals surface area contributed by atoms with Crippen LogP contribution in [-0.4, -0.2) is 59.2 Å². The first-order valence-corrected chi connectivity index (χ1v) is 9.61. The summed E-state index contributed by atoms with van der Waals surface area (Å²) in [7, 11) is 0. The minimum Gasteiger partial charge on any atom is -0.491 e. The molecule has 1 aliphatic rings. The Morgan fingerprint density at radius 3 is 2.44 bits per heavy atom. The van der Waals surface area contributed by atoms with Gasteiger partial charge in [0.25, 0.3) is 0 Å². The molecular formula is C21H25N5O. The molecule has 2 aromatic heterocycles. The Morgan fingerprint density at radius 1 is 0.815 bits per heavy atom. The zero-order chi connectivity index (χ0) is 18.3. The summed E-state index contributed by atoms with van der Waals surface area (Å²) in [5.74, 6) is 1.72. The number of pyridine rings is 1. The van der Waals surface area contributed by atoms with Crippen LogP contribution in [0.25, 0.3) is 10.9 Å². The Balaban J connectivity index is 1.17. The second-order valence-electron chi connectivity index (χ2n) is 6.76. The van der Waals surface area contributed by atoms with E-state index >= 15 is 0 Å². The van der Waals surface area contributed by atoms with E-state index in [4.69, 9.17) is 4.74 Å². The molecule has 0 radical (unpaired) electrons.